The van der Waals surface area contributed by atoms with Crippen LogP contribution in [0, 0.1) is 39.6 Å². The van der Waals surface area contributed by atoms with Gasteiger partial charge >= 0.3 is 54.2 Å². The van der Waals surface area contributed by atoms with Crippen LogP contribution in [-0.4, -0.2) is 0 Å². The zero-order valence-corrected chi connectivity index (χ0v) is 7.90. The Bertz CT molecular complexity index is 22.8. The predicted octanol–water partition coefficient (Wildman–Crippen LogP) is -4.85. The third-order valence-corrected chi connectivity index (χ3v) is 1.05. The molecule has 0 radical (unpaired) electrons. The van der Waals surface area contributed by atoms with E-state index in [0.29, 0.717) is 0 Å². The van der Waals surface area contributed by atoms with Crippen molar-refractivity contribution in [2.75, 3.05) is 0 Å². The maximum Gasteiger partial charge on any atom is -1.00 e. The first kappa shape index (κ1) is 15.6. The van der Waals surface area contributed by atoms with Crippen molar-refractivity contribution >= 4 is 0 Å². The number of rotatable bonds is 1. The Labute approximate surface area is 77.9 Å². The summed E-state index contributed by atoms with van der Waals surface area (Å²) in [6.45, 7) is 3.51. The molecule has 0 aliphatic heterocycles. The normalized spacial score (nSPS) is 4.33. The van der Waals surface area contributed by atoms with Gasteiger partial charge in [0.1, 0.15) is 0 Å². The Morgan fingerprint density at radius 3 is 1.67 bits per heavy atom. The fraction of sp³-hybridized carbons (Fsp3) is 0.333. The first-order valence-electron chi connectivity index (χ1n) is 1.17. The minimum Gasteiger partial charge on any atom is -1.00 e. The molecule has 0 aliphatic rings. The van der Waals surface area contributed by atoms with Crippen molar-refractivity contribution < 1.29 is 64.5 Å². The van der Waals surface area contributed by atoms with Gasteiger partial charge in [-0.15, -0.1) is 0 Å². The molecule has 0 bridgehead atoms. The summed E-state index contributed by atoms with van der Waals surface area (Å²) >= 11 is 1.27. The van der Waals surface area contributed by atoms with Crippen molar-refractivity contribution in [2.24, 2.45) is 0 Å². The zero-order valence-electron chi connectivity index (χ0n) is 3.25. The maximum absolute atomic E-state index is 3.51. The van der Waals surface area contributed by atoms with Gasteiger partial charge in [0.25, 0.3) is 0 Å². The Kier molecular flexibility index (Phi) is 41.5. The molecule has 0 aromatic rings. The molecule has 0 spiro atoms. The van der Waals surface area contributed by atoms with Crippen molar-refractivity contribution in [1.29, 1.82) is 0 Å². The molecule has 0 nitrogen and oxygen atoms in total. The SMILES string of the molecule is C=C[CH2][Ce+2].[Cl-].[Cl-]. The van der Waals surface area contributed by atoms with Crippen LogP contribution in [0.3, 0.4) is 0 Å². The second kappa shape index (κ2) is 15.9. The Morgan fingerprint density at radius 2 is 1.67 bits per heavy atom. The molecule has 0 unspecified atom stereocenters. The first-order valence-corrected chi connectivity index (χ1v) is 3.39. The van der Waals surface area contributed by atoms with Gasteiger partial charge in [0.2, 0.25) is 0 Å². The minimum absolute atomic E-state index is 0. The summed E-state index contributed by atoms with van der Waals surface area (Å²) < 4.78 is 1.22. The van der Waals surface area contributed by atoms with Gasteiger partial charge in [-0.25, -0.2) is 0 Å². The van der Waals surface area contributed by atoms with Gasteiger partial charge in [-0.3, -0.25) is 0 Å². The zero-order chi connectivity index (χ0) is 3.41. The molecule has 0 amide bonds. The quantitative estimate of drug-likeness (QED) is 0.411. The van der Waals surface area contributed by atoms with Crippen LogP contribution in [-0.2, 0) is 0 Å². The van der Waals surface area contributed by atoms with Crippen LogP contribution in [0.2, 0.25) is 1.94 Å². The molecular formula is C3H5CeCl2. The smallest absolute Gasteiger partial charge is 1.00 e. The van der Waals surface area contributed by atoms with Crippen molar-refractivity contribution in [3.05, 3.63) is 12.7 Å². The third kappa shape index (κ3) is 17.3. The molecule has 0 rings (SSSR count). The number of hydrogen-bond acceptors (Lipinski definition) is 0. The second-order valence-corrected chi connectivity index (χ2v) is 1.77. The summed E-state index contributed by atoms with van der Waals surface area (Å²) in [6, 6.07) is 0. The van der Waals surface area contributed by atoms with E-state index in [9.17, 15) is 0 Å². The number of halogens is 2. The number of hydrogen-bond donors (Lipinski definition) is 0. The molecule has 6 heavy (non-hydrogen) atoms. The Balaban J connectivity index is -0.0000000450. The van der Waals surface area contributed by atoms with E-state index < -0.39 is 0 Å². The van der Waals surface area contributed by atoms with Crippen molar-refractivity contribution in [3.63, 3.8) is 0 Å². The van der Waals surface area contributed by atoms with Crippen LogP contribution in [0.4, 0.5) is 0 Å². The Hall–Kier alpha value is 1.70. The summed E-state index contributed by atoms with van der Waals surface area (Å²) in [5.74, 6) is 0. The monoisotopic (exact) mass is 251 g/mol. The van der Waals surface area contributed by atoms with Crippen LogP contribution in [0.25, 0.3) is 0 Å². The maximum atomic E-state index is 3.51. The van der Waals surface area contributed by atoms with E-state index in [0.717, 1.165) is 0 Å². The van der Waals surface area contributed by atoms with Crippen LogP contribution < -0.4 is 24.8 Å². The minimum atomic E-state index is 0. The summed E-state index contributed by atoms with van der Waals surface area (Å²) in [5.41, 5.74) is 0. The van der Waals surface area contributed by atoms with Gasteiger partial charge in [-0.2, -0.15) is 0 Å². The van der Waals surface area contributed by atoms with Crippen molar-refractivity contribution in [3.8, 4) is 0 Å². The van der Waals surface area contributed by atoms with Crippen LogP contribution in [0.15, 0.2) is 12.7 Å². The molecule has 0 heterocycles. The van der Waals surface area contributed by atoms with Gasteiger partial charge < -0.3 is 24.8 Å². The molecule has 0 fully saturated rings. The van der Waals surface area contributed by atoms with E-state index in [-0.39, 0.29) is 24.8 Å². The molecule has 0 saturated heterocycles. The summed E-state index contributed by atoms with van der Waals surface area (Å²) in [7, 11) is 0. The summed E-state index contributed by atoms with van der Waals surface area (Å²) in [5, 5.41) is 0. The van der Waals surface area contributed by atoms with E-state index in [4.69, 9.17) is 0 Å². The van der Waals surface area contributed by atoms with Crippen LogP contribution in [0.1, 0.15) is 0 Å². The van der Waals surface area contributed by atoms with Gasteiger partial charge in [0.15, 0.2) is 0 Å². The molecule has 0 N–H and O–H groups in total. The summed E-state index contributed by atoms with van der Waals surface area (Å²) in [6.07, 6.45) is 1.94. The number of allylic oxidation sites excluding steroid dienone is 1. The average Bonchev–Trinajstić information content (AvgIpc) is 1.37. The first-order chi connectivity index (χ1) is 1.91. The topological polar surface area (TPSA) is 0 Å². The van der Waals surface area contributed by atoms with Gasteiger partial charge in [0.05, 0.1) is 0 Å². The van der Waals surface area contributed by atoms with Gasteiger partial charge in [-0.05, 0) is 0 Å². The van der Waals surface area contributed by atoms with Gasteiger partial charge in [0, 0.05) is 0 Å². The van der Waals surface area contributed by atoms with Crippen LogP contribution >= 0.6 is 0 Å². The van der Waals surface area contributed by atoms with E-state index >= 15 is 0 Å². The van der Waals surface area contributed by atoms with E-state index in [1.54, 1.807) is 0 Å². The molecule has 3 heteroatoms. The fourth-order valence-electron chi connectivity index (χ4n) is 0. The molecule has 0 atom stereocenters. The molecule has 35 valence electrons. The standard InChI is InChI=1S/C3H5.Ce.2ClH/c1-3-2;;;/h3H,1-2H2;;2*1H/q;+2;;/p-2. The van der Waals surface area contributed by atoms with Crippen LogP contribution in [0.5, 0.6) is 0 Å². The Morgan fingerprint density at radius 1 is 1.50 bits per heavy atom. The molecule has 0 saturated carbocycles. The van der Waals surface area contributed by atoms with E-state index in [2.05, 4.69) is 6.58 Å². The van der Waals surface area contributed by atoms with Gasteiger partial charge in [-0.1, -0.05) is 0 Å². The van der Waals surface area contributed by atoms with Crippen molar-refractivity contribution in [1.82, 2.24) is 0 Å². The van der Waals surface area contributed by atoms with E-state index in [1.807, 2.05) is 6.08 Å². The average molecular weight is 252 g/mol. The third-order valence-electron chi connectivity index (χ3n) is 0.144. The predicted molar refractivity (Wildman–Crippen MR) is 15.0 cm³/mol. The molecule has 0 aliphatic carbocycles. The largest absolute Gasteiger partial charge is 1.00 e. The molecule has 0 aromatic heterocycles. The summed E-state index contributed by atoms with van der Waals surface area (Å²) in [4.78, 5) is 0. The van der Waals surface area contributed by atoms with Crippen molar-refractivity contribution in [2.45, 2.75) is 1.94 Å². The molecule has 0 aromatic carbocycles. The second-order valence-electron chi connectivity index (χ2n) is 0.493. The molecular weight excluding hydrogens is 247 g/mol. The fourth-order valence-corrected chi connectivity index (χ4v) is 0. The van der Waals surface area contributed by atoms with E-state index in [1.165, 1.54) is 41.6 Å².